The number of amides is 1. The van der Waals surface area contributed by atoms with E-state index in [0.717, 1.165) is 5.57 Å². The number of hydrogen-bond acceptors (Lipinski definition) is 7. The van der Waals surface area contributed by atoms with E-state index < -0.39 is 21.7 Å². The molecular formula is C26H32N6O4S. The molecule has 0 bridgehead atoms. The fourth-order valence-electron chi connectivity index (χ4n) is 4.02. The average Bonchev–Trinajstić information content (AvgIpc) is 3.23. The standard InChI is InChI=1S/C26H32N6O4S/c1-26(2,3)36-25(33)31-13-9-12-20(14-31)21-15-32(37(34,35)16-19-10-7-6-8-11-19)24-22(21)23(27-17-28-24)29-18-30(4)5/h6-8,10-12,15,17-18H,9,13-14,16H2,1-5H3. The van der Waals surface area contributed by atoms with E-state index in [-0.39, 0.29) is 17.9 Å². The Morgan fingerprint density at radius 3 is 2.59 bits per heavy atom. The number of aromatic nitrogens is 3. The Morgan fingerprint density at radius 1 is 1.19 bits per heavy atom. The zero-order chi connectivity index (χ0) is 26.8. The van der Waals surface area contributed by atoms with Gasteiger partial charge < -0.3 is 14.5 Å². The van der Waals surface area contributed by atoms with Crippen molar-refractivity contribution < 1.29 is 17.9 Å². The van der Waals surface area contributed by atoms with E-state index in [1.165, 1.54) is 10.3 Å². The molecule has 0 saturated heterocycles. The van der Waals surface area contributed by atoms with Crippen molar-refractivity contribution in [2.45, 2.75) is 38.5 Å². The molecule has 0 atom stereocenters. The Morgan fingerprint density at radius 2 is 1.92 bits per heavy atom. The Bertz CT molecular complexity index is 1450. The zero-order valence-corrected chi connectivity index (χ0v) is 22.6. The van der Waals surface area contributed by atoms with Crippen LogP contribution in [0.15, 0.2) is 53.9 Å². The lowest BCUT2D eigenvalue weighted by Crippen LogP contribution is -2.39. The van der Waals surface area contributed by atoms with Crippen LogP contribution in [-0.2, 0) is 20.5 Å². The number of hydrogen-bond donors (Lipinski definition) is 0. The Hall–Kier alpha value is -3.73. The van der Waals surface area contributed by atoms with Crippen molar-refractivity contribution in [1.82, 2.24) is 23.7 Å². The van der Waals surface area contributed by atoms with Gasteiger partial charge in [0.15, 0.2) is 11.5 Å². The maximum absolute atomic E-state index is 13.6. The van der Waals surface area contributed by atoms with E-state index in [0.29, 0.717) is 35.3 Å². The normalized spacial score (nSPS) is 14.7. The molecule has 0 N–H and O–H groups in total. The number of benzene rings is 1. The summed E-state index contributed by atoms with van der Waals surface area (Å²) in [6, 6.07) is 8.99. The highest BCUT2D eigenvalue weighted by atomic mass is 32.2. The molecule has 4 rings (SSSR count). The highest BCUT2D eigenvalue weighted by Crippen LogP contribution is 2.35. The van der Waals surface area contributed by atoms with Crippen molar-refractivity contribution >= 4 is 44.9 Å². The van der Waals surface area contributed by atoms with E-state index in [4.69, 9.17) is 4.74 Å². The molecule has 1 aliphatic heterocycles. The van der Waals surface area contributed by atoms with Crippen LogP contribution in [0.5, 0.6) is 0 Å². The van der Waals surface area contributed by atoms with Gasteiger partial charge in [0.2, 0.25) is 10.0 Å². The molecule has 0 unspecified atom stereocenters. The van der Waals surface area contributed by atoms with Gasteiger partial charge in [0.1, 0.15) is 11.9 Å². The summed E-state index contributed by atoms with van der Waals surface area (Å²) in [5, 5.41) is 0.509. The van der Waals surface area contributed by atoms with Crippen LogP contribution in [0, 0.1) is 0 Å². The predicted molar refractivity (Wildman–Crippen MR) is 144 cm³/mol. The van der Waals surface area contributed by atoms with Crippen molar-refractivity contribution in [2.75, 3.05) is 27.2 Å². The first kappa shape index (κ1) is 26.3. The van der Waals surface area contributed by atoms with E-state index in [9.17, 15) is 13.2 Å². The molecule has 3 aromatic rings. The molecule has 1 amide bonds. The molecule has 1 aromatic carbocycles. The molecule has 11 heteroatoms. The molecule has 0 aliphatic carbocycles. The first-order chi connectivity index (χ1) is 17.4. The molecule has 0 saturated carbocycles. The van der Waals surface area contributed by atoms with Crippen LogP contribution in [0.25, 0.3) is 16.6 Å². The van der Waals surface area contributed by atoms with Gasteiger partial charge in [0.25, 0.3) is 0 Å². The molecule has 196 valence electrons. The Labute approximate surface area is 217 Å². The minimum Gasteiger partial charge on any atom is -0.444 e. The lowest BCUT2D eigenvalue weighted by Gasteiger charge is -2.30. The maximum Gasteiger partial charge on any atom is 0.410 e. The number of carbonyl (C=O) groups excluding carboxylic acids is 1. The van der Waals surface area contributed by atoms with Gasteiger partial charge in [-0.25, -0.2) is 32.1 Å². The highest BCUT2D eigenvalue weighted by Gasteiger charge is 2.29. The second kappa shape index (κ2) is 10.3. The van der Waals surface area contributed by atoms with Gasteiger partial charge >= 0.3 is 6.09 Å². The molecule has 0 spiro atoms. The highest BCUT2D eigenvalue weighted by molar-refractivity contribution is 7.89. The SMILES string of the molecule is CN(C)C=Nc1ncnc2c1c(C1=CCCN(C(=O)OC(C)(C)C)C1)cn2S(=O)(=O)Cc1ccccc1. The predicted octanol–water partition coefficient (Wildman–Crippen LogP) is 4.06. The number of ether oxygens (including phenoxy) is 1. The summed E-state index contributed by atoms with van der Waals surface area (Å²) in [7, 11) is -0.160. The van der Waals surface area contributed by atoms with Gasteiger partial charge in [-0.2, -0.15) is 0 Å². The van der Waals surface area contributed by atoms with Gasteiger partial charge in [0, 0.05) is 38.9 Å². The van der Waals surface area contributed by atoms with Crippen molar-refractivity contribution in [1.29, 1.82) is 0 Å². The number of aliphatic imine (C=N–C) groups is 1. The van der Waals surface area contributed by atoms with Gasteiger partial charge in [-0.1, -0.05) is 36.4 Å². The Balaban J connectivity index is 1.82. The van der Waals surface area contributed by atoms with Crippen LogP contribution in [0.1, 0.15) is 38.3 Å². The molecular weight excluding hydrogens is 492 g/mol. The molecule has 2 aromatic heterocycles. The van der Waals surface area contributed by atoms with Crippen molar-refractivity contribution in [2.24, 2.45) is 4.99 Å². The summed E-state index contributed by atoms with van der Waals surface area (Å²) >= 11 is 0. The minimum atomic E-state index is -3.83. The molecule has 37 heavy (non-hydrogen) atoms. The van der Waals surface area contributed by atoms with Crippen LogP contribution in [-0.4, -0.2) is 77.4 Å². The van der Waals surface area contributed by atoms with E-state index in [2.05, 4.69) is 15.0 Å². The summed E-state index contributed by atoms with van der Waals surface area (Å²) in [4.78, 5) is 29.3. The second-order valence-corrected chi connectivity index (χ2v) is 12.0. The molecule has 0 fully saturated rings. The fraction of sp³-hybridized carbons (Fsp3) is 0.385. The topological polar surface area (TPSA) is 110 Å². The number of carbonyl (C=O) groups is 1. The zero-order valence-electron chi connectivity index (χ0n) is 21.7. The fourth-order valence-corrected chi connectivity index (χ4v) is 5.44. The van der Waals surface area contributed by atoms with Crippen LogP contribution in [0.2, 0.25) is 0 Å². The van der Waals surface area contributed by atoms with Crippen molar-refractivity contribution in [3.05, 3.63) is 60.1 Å². The molecule has 10 nitrogen and oxygen atoms in total. The number of rotatable bonds is 6. The number of fused-ring (bicyclic) bond motifs is 1. The van der Waals surface area contributed by atoms with Crippen molar-refractivity contribution in [3.8, 4) is 0 Å². The summed E-state index contributed by atoms with van der Waals surface area (Å²) in [5.41, 5.74) is 1.68. The van der Waals surface area contributed by atoms with Gasteiger partial charge in [-0.3, -0.25) is 0 Å². The first-order valence-electron chi connectivity index (χ1n) is 12.0. The molecule has 0 radical (unpaired) electrons. The summed E-state index contributed by atoms with van der Waals surface area (Å²) in [5.74, 6) is 0.151. The van der Waals surface area contributed by atoms with Crippen LogP contribution >= 0.6 is 0 Å². The summed E-state index contributed by atoms with van der Waals surface area (Å²) < 4.78 is 33.9. The summed E-state index contributed by atoms with van der Waals surface area (Å²) in [6.45, 7) is 6.24. The minimum absolute atomic E-state index is 0.194. The first-order valence-corrected chi connectivity index (χ1v) is 13.6. The average molecular weight is 525 g/mol. The van der Waals surface area contributed by atoms with E-state index >= 15 is 0 Å². The lowest BCUT2D eigenvalue weighted by molar-refractivity contribution is 0.0273. The molecule has 3 heterocycles. The third-order valence-corrected chi connectivity index (χ3v) is 7.16. The molecule has 1 aliphatic rings. The second-order valence-electron chi connectivity index (χ2n) is 10.1. The smallest absolute Gasteiger partial charge is 0.410 e. The van der Waals surface area contributed by atoms with Gasteiger partial charge in [-0.05, 0) is 38.3 Å². The Kier molecular flexibility index (Phi) is 7.35. The van der Waals surface area contributed by atoms with E-state index in [1.54, 1.807) is 46.6 Å². The third-order valence-electron chi connectivity index (χ3n) is 5.58. The monoisotopic (exact) mass is 524 g/mol. The van der Waals surface area contributed by atoms with Crippen LogP contribution < -0.4 is 0 Å². The lowest BCUT2D eigenvalue weighted by atomic mass is 10.0. The van der Waals surface area contributed by atoms with Crippen LogP contribution in [0.3, 0.4) is 0 Å². The maximum atomic E-state index is 13.6. The quantitative estimate of drug-likeness (QED) is 0.353. The van der Waals surface area contributed by atoms with Gasteiger partial charge in [0.05, 0.1) is 17.5 Å². The number of nitrogens with zero attached hydrogens (tertiary/aromatic N) is 6. The van der Waals surface area contributed by atoms with Crippen molar-refractivity contribution in [3.63, 3.8) is 0 Å². The van der Waals surface area contributed by atoms with E-state index in [1.807, 2.05) is 47.0 Å². The van der Waals surface area contributed by atoms with Crippen LogP contribution in [0.4, 0.5) is 10.6 Å². The largest absolute Gasteiger partial charge is 0.444 e. The van der Waals surface area contributed by atoms with Gasteiger partial charge in [-0.15, -0.1) is 0 Å². The third kappa shape index (κ3) is 6.16. The summed E-state index contributed by atoms with van der Waals surface area (Å²) in [6.07, 6.45) is 6.67.